The third-order valence-electron chi connectivity index (χ3n) is 5.16. The molecule has 6 nitrogen and oxygen atoms in total. The zero-order valence-corrected chi connectivity index (χ0v) is 16.8. The van der Waals surface area contributed by atoms with Gasteiger partial charge in [-0.15, -0.1) is 0 Å². The van der Waals surface area contributed by atoms with Gasteiger partial charge in [-0.25, -0.2) is 8.42 Å². The number of rotatable bonds is 4. The number of nitrogens with zero attached hydrogens (tertiary/aromatic N) is 2. The summed E-state index contributed by atoms with van der Waals surface area (Å²) in [6.07, 6.45) is 0.703. The summed E-state index contributed by atoms with van der Waals surface area (Å²) in [6.45, 7) is 6.46. The molecule has 8 heteroatoms. The van der Waals surface area contributed by atoms with Crippen LogP contribution < -0.4 is 4.74 Å². The fourth-order valence-electron chi connectivity index (χ4n) is 3.75. The number of carbonyl (C=O) groups is 1. The Labute approximate surface area is 160 Å². The minimum absolute atomic E-state index is 0.00111. The molecule has 0 saturated carbocycles. The maximum atomic E-state index is 12.5. The van der Waals surface area contributed by atoms with Gasteiger partial charge in [0.1, 0.15) is 5.75 Å². The van der Waals surface area contributed by atoms with E-state index >= 15 is 0 Å². The number of benzene rings is 1. The van der Waals surface area contributed by atoms with Crippen molar-refractivity contribution < 1.29 is 17.9 Å². The van der Waals surface area contributed by atoms with E-state index in [1.54, 1.807) is 4.90 Å². The van der Waals surface area contributed by atoms with Gasteiger partial charge in [-0.3, -0.25) is 9.69 Å². The number of aryl methyl sites for hydroxylation is 2. The first-order valence-corrected chi connectivity index (χ1v) is 11.1. The molecule has 0 aliphatic carbocycles. The van der Waals surface area contributed by atoms with Crippen LogP contribution in [0.1, 0.15) is 17.5 Å². The summed E-state index contributed by atoms with van der Waals surface area (Å²) in [7, 11) is -2.88. The first-order chi connectivity index (χ1) is 12.2. The van der Waals surface area contributed by atoms with Crippen LogP contribution in [0.4, 0.5) is 0 Å². The highest BCUT2D eigenvalue weighted by molar-refractivity contribution is 7.91. The minimum atomic E-state index is -2.88. The van der Waals surface area contributed by atoms with Crippen molar-refractivity contribution in [3.63, 3.8) is 0 Å². The maximum absolute atomic E-state index is 12.5. The maximum Gasteiger partial charge on any atom is 0.260 e. The van der Waals surface area contributed by atoms with Gasteiger partial charge in [0.15, 0.2) is 16.4 Å². The number of sulfone groups is 1. The SMILES string of the molecule is Cc1cc(Cl)cc(C)c1OCC(=O)N1CCN([C@@H]2CCS(=O)(=O)C2)CC1. The normalized spacial score (nSPS) is 23.2. The summed E-state index contributed by atoms with van der Waals surface area (Å²) in [5.41, 5.74) is 1.82. The summed E-state index contributed by atoms with van der Waals surface area (Å²) in [5, 5.41) is 0.656. The monoisotopic (exact) mass is 400 g/mol. The first kappa shape index (κ1) is 19.5. The van der Waals surface area contributed by atoms with Crippen molar-refractivity contribution in [2.24, 2.45) is 0 Å². The molecule has 2 heterocycles. The molecule has 0 spiro atoms. The van der Waals surface area contributed by atoms with E-state index < -0.39 is 9.84 Å². The van der Waals surface area contributed by atoms with Crippen LogP contribution in [0.5, 0.6) is 5.75 Å². The van der Waals surface area contributed by atoms with E-state index in [4.69, 9.17) is 16.3 Å². The van der Waals surface area contributed by atoms with E-state index in [1.807, 2.05) is 26.0 Å². The topological polar surface area (TPSA) is 66.9 Å². The van der Waals surface area contributed by atoms with Gasteiger partial charge in [0.05, 0.1) is 11.5 Å². The fourth-order valence-corrected chi connectivity index (χ4v) is 5.84. The largest absolute Gasteiger partial charge is 0.483 e. The van der Waals surface area contributed by atoms with Crippen LogP contribution in [-0.4, -0.2) is 74.5 Å². The number of hydrogen-bond acceptors (Lipinski definition) is 5. The molecule has 3 rings (SSSR count). The zero-order chi connectivity index (χ0) is 18.9. The molecule has 1 amide bonds. The highest BCUT2D eigenvalue weighted by atomic mass is 35.5. The summed E-state index contributed by atoms with van der Waals surface area (Å²) >= 11 is 6.02. The Balaban J connectivity index is 1.50. The quantitative estimate of drug-likeness (QED) is 0.769. The molecule has 1 aromatic carbocycles. The van der Waals surface area contributed by atoms with Gasteiger partial charge in [-0.1, -0.05) is 11.6 Å². The van der Waals surface area contributed by atoms with E-state index in [-0.39, 0.29) is 30.1 Å². The molecule has 1 aromatic rings. The number of piperazine rings is 1. The highest BCUT2D eigenvalue weighted by Gasteiger charge is 2.34. The number of carbonyl (C=O) groups excluding carboxylic acids is 1. The summed E-state index contributed by atoms with van der Waals surface area (Å²) in [4.78, 5) is 16.4. The van der Waals surface area contributed by atoms with E-state index in [9.17, 15) is 13.2 Å². The molecular formula is C18H25ClN2O4S. The second-order valence-electron chi connectivity index (χ2n) is 7.13. The van der Waals surface area contributed by atoms with Gasteiger partial charge in [-0.2, -0.15) is 0 Å². The predicted octanol–water partition coefficient (Wildman–Crippen LogP) is 1.67. The van der Waals surface area contributed by atoms with Crippen molar-refractivity contribution in [3.8, 4) is 5.75 Å². The first-order valence-electron chi connectivity index (χ1n) is 8.87. The Bertz CT molecular complexity index is 765. The molecule has 2 fully saturated rings. The lowest BCUT2D eigenvalue weighted by Crippen LogP contribution is -2.53. The van der Waals surface area contributed by atoms with Crippen molar-refractivity contribution >= 4 is 27.3 Å². The standard InChI is InChI=1S/C18H25ClN2O4S/c1-13-9-15(19)10-14(2)18(13)25-11-17(22)21-6-4-20(5-7-21)16-3-8-26(23,24)12-16/h9-10,16H,3-8,11-12H2,1-2H3/t16-/m1/s1. The van der Waals surface area contributed by atoms with Crippen LogP contribution in [0.15, 0.2) is 12.1 Å². The highest BCUT2D eigenvalue weighted by Crippen LogP contribution is 2.27. The summed E-state index contributed by atoms with van der Waals surface area (Å²) in [6, 6.07) is 3.75. The zero-order valence-electron chi connectivity index (χ0n) is 15.2. The molecule has 1 atom stereocenters. The van der Waals surface area contributed by atoms with Crippen LogP contribution in [0, 0.1) is 13.8 Å². The van der Waals surface area contributed by atoms with Gasteiger partial charge >= 0.3 is 0 Å². The second kappa shape index (κ2) is 7.74. The Hall–Kier alpha value is -1.31. The third kappa shape index (κ3) is 4.50. The Morgan fingerprint density at radius 2 is 1.81 bits per heavy atom. The molecular weight excluding hydrogens is 376 g/mol. The fraction of sp³-hybridized carbons (Fsp3) is 0.611. The molecule has 0 unspecified atom stereocenters. The van der Waals surface area contributed by atoms with Crippen LogP contribution in [0.3, 0.4) is 0 Å². The van der Waals surface area contributed by atoms with Crippen molar-refractivity contribution in [2.75, 3.05) is 44.3 Å². The smallest absolute Gasteiger partial charge is 0.260 e. The molecule has 144 valence electrons. The lowest BCUT2D eigenvalue weighted by molar-refractivity contribution is -0.135. The number of amides is 1. The number of halogens is 1. The van der Waals surface area contributed by atoms with Gasteiger partial charge in [0.2, 0.25) is 0 Å². The van der Waals surface area contributed by atoms with E-state index in [1.165, 1.54) is 0 Å². The second-order valence-corrected chi connectivity index (χ2v) is 9.80. The lowest BCUT2D eigenvalue weighted by Gasteiger charge is -2.37. The van der Waals surface area contributed by atoms with Crippen molar-refractivity contribution in [1.29, 1.82) is 0 Å². The van der Waals surface area contributed by atoms with Gasteiger partial charge in [0.25, 0.3) is 5.91 Å². The van der Waals surface area contributed by atoms with Crippen molar-refractivity contribution in [3.05, 3.63) is 28.3 Å². The lowest BCUT2D eigenvalue weighted by atomic mass is 10.1. The van der Waals surface area contributed by atoms with Gasteiger partial charge < -0.3 is 9.64 Å². The number of hydrogen-bond donors (Lipinski definition) is 0. The van der Waals surface area contributed by atoms with Crippen LogP contribution in [-0.2, 0) is 14.6 Å². The van der Waals surface area contributed by atoms with Crippen LogP contribution in [0.2, 0.25) is 5.02 Å². The summed E-state index contributed by atoms with van der Waals surface area (Å²) in [5.74, 6) is 1.19. The molecule has 0 aromatic heterocycles. The predicted molar refractivity (Wildman–Crippen MR) is 102 cm³/mol. The van der Waals surface area contributed by atoms with Gasteiger partial charge in [-0.05, 0) is 43.5 Å². The van der Waals surface area contributed by atoms with Crippen LogP contribution in [0.25, 0.3) is 0 Å². The Morgan fingerprint density at radius 1 is 1.19 bits per heavy atom. The Kier molecular flexibility index (Phi) is 5.79. The van der Waals surface area contributed by atoms with Crippen LogP contribution >= 0.6 is 11.6 Å². The van der Waals surface area contributed by atoms with E-state index in [0.29, 0.717) is 43.4 Å². The average Bonchev–Trinajstić information content (AvgIpc) is 2.94. The minimum Gasteiger partial charge on any atom is -0.483 e. The Morgan fingerprint density at radius 3 is 2.35 bits per heavy atom. The molecule has 0 N–H and O–H groups in total. The van der Waals surface area contributed by atoms with Gasteiger partial charge in [0, 0.05) is 37.2 Å². The summed E-state index contributed by atoms with van der Waals surface area (Å²) < 4.78 is 29.0. The van der Waals surface area contributed by atoms with Crippen molar-refractivity contribution in [1.82, 2.24) is 9.80 Å². The molecule has 26 heavy (non-hydrogen) atoms. The molecule has 2 aliphatic heterocycles. The van der Waals surface area contributed by atoms with Crippen molar-refractivity contribution in [2.45, 2.75) is 26.3 Å². The average molecular weight is 401 g/mol. The third-order valence-corrected chi connectivity index (χ3v) is 7.13. The molecule has 0 radical (unpaired) electrons. The molecule has 0 bridgehead atoms. The number of ether oxygens (including phenoxy) is 1. The van der Waals surface area contributed by atoms with E-state index in [2.05, 4.69) is 4.90 Å². The van der Waals surface area contributed by atoms with E-state index in [0.717, 1.165) is 11.1 Å². The molecule has 2 saturated heterocycles. The molecule has 2 aliphatic rings.